The van der Waals surface area contributed by atoms with Gasteiger partial charge in [-0.15, -0.1) is 0 Å². The number of halogens is 2. The summed E-state index contributed by atoms with van der Waals surface area (Å²) in [5.41, 5.74) is 0.952. The molecule has 0 saturated heterocycles. The molecule has 2 aromatic carbocycles. The van der Waals surface area contributed by atoms with Gasteiger partial charge in [-0.05, 0) is 56.0 Å². The summed E-state index contributed by atoms with van der Waals surface area (Å²) < 4.78 is 28.6. The number of thioether (sulfide) groups is 1. The first-order chi connectivity index (χ1) is 15.9. The number of nitrogens with one attached hydrogen (secondary N) is 1. The first-order valence-electron chi connectivity index (χ1n) is 11.1. The molecule has 174 valence electrons. The van der Waals surface area contributed by atoms with Gasteiger partial charge in [0.15, 0.2) is 0 Å². The summed E-state index contributed by atoms with van der Waals surface area (Å²) in [5, 5.41) is 9.85. The molecular formula is C25H28F2N4OS. The molecule has 0 saturated carbocycles. The summed E-state index contributed by atoms with van der Waals surface area (Å²) in [7, 11) is 3.32. The Morgan fingerprint density at radius 3 is 2.61 bits per heavy atom. The fourth-order valence-electron chi connectivity index (χ4n) is 4.15. The summed E-state index contributed by atoms with van der Waals surface area (Å²) in [6, 6.07) is 13.1. The lowest BCUT2D eigenvalue weighted by molar-refractivity contribution is 0.137. The van der Waals surface area contributed by atoms with E-state index in [0.717, 1.165) is 49.6 Å². The number of amides is 2. The molecular weight excluding hydrogens is 442 g/mol. The van der Waals surface area contributed by atoms with Gasteiger partial charge in [0.05, 0.1) is 0 Å². The molecule has 33 heavy (non-hydrogen) atoms. The van der Waals surface area contributed by atoms with Crippen LogP contribution in [-0.2, 0) is 4.87 Å². The first kappa shape index (κ1) is 23.4. The van der Waals surface area contributed by atoms with E-state index in [1.807, 2.05) is 30.3 Å². The van der Waals surface area contributed by atoms with Gasteiger partial charge < -0.3 is 10.2 Å². The molecule has 1 N–H and O–H groups in total. The largest absolute Gasteiger partial charge is 0.341 e. The molecule has 1 unspecified atom stereocenters. The number of carbonyl (C=O) groups is 1. The van der Waals surface area contributed by atoms with Crippen LogP contribution in [0.5, 0.6) is 0 Å². The van der Waals surface area contributed by atoms with E-state index in [0.29, 0.717) is 17.5 Å². The van der Waals surface area contributed by atoms with E-state index in [1.54, 1.807) is 14.1 Å². The van der Waals surface area contributed by atoms with Gasteiger partial charge in [-0.2, -0.15) is 10.1 Å². The van der Waals surface area contributed by atoms with E-state index in [9.17, 15) is 13.6 Å². The third-order valence-corrected chi connectivity index (χ3v) is 7.32. The standard InChI is InChI=1S/C25H28F2N4OS/c1-30(2)24(32)31-25(18-9-4-3-5-10-18,15-8-16-28-20-11-6-7-12-20)33-23(29-31)21-17-19(26)13-14-22(21)27/h3-7,9-10,13-14,17,20,28H,8,11-12,15-16H2,1-2H3. The van der Waals surface area contributed by atoms with Crippen molar-refractivity contribution in [2.75, 3.05) is 20.6 Å². The maximum Gasteiger partial charge on any atom is 0.341 e. The minimum Gasteiger partial charge on any atom is -0.329 e. The molecule has 8 heteroatoms. The van der Waals surface area contributed by atoms with Crippen molar-refractivity contribution in [3.05, 3.63) is 83.4 Å². The van der Waals surface area contributed by atoms with Crippen LogP contribution in [0.4, 0.5) is 13.6 Å². The van der Waals surface area contributed by atoms with Crippen LogP contribution in [0, 0.1) is 11.6 Å². The zero-order valence-electron chi connectivity index (χ0n) is 18.8. The molecule has 1 aliphatic heterocycles. The fraction of sp³-hybridized carbons (Fsp3) is 0.360. The second kappa shape index (κ2) is 10.1. The molecule has 1 heterocycles. The second-order valence-electron chi connectivity index (χ2n) is 8.47. The van der Waals surface area contributed by atoms with Crippen LogP contribution >= 0.6 is 11.8 Å². The Hall–Kier alpha value is -2.71. The molecule has 1 aliphatic carbocycles. The van der Waals surface area contributed by atoms with Crippen molar-refractivity contribution < 1.29 is 13.6 Å². The van der Waals surface area contributed by atoms with Crippen LogP contribution in [0.15, 0.2) is 65.8 Å². The molecule has 5 nitrogen and oxygen atoms in total. The van der Waals surface area contributed by atoms with Crippen molar-refractivity contribution >= 4 is 22.8 Å². The highest BCUT2D eigenvalue weighted by molar-refractivity contribution is 8.15. The van der Waals surface area contributed by atoms with Crippen LogP contribution in [0.1, 0.15) is 36.8 Å². The van der Waals surface area contributed by atoms with Gasteiger partial charge in [0, 0.05) is 25.7 Å². The lowest BCUT2D eigenvalue weighted by atomic mass is 10.00. The molecule has 0 bridgehead atoms. The Kier molecular flexibility index (Phi) is 7.14. The molecule has 1 atom stereocenters. The van der Waals surface area contributed by atoms with Gasteiger partial charge in [0.1, 0.15) is 21.5 Å². The van der Waals surface area contributed by atoms with E-state index in [1.165, 1.54) is 21.7 Å². The average molecular weight is 471 g/mol. The van der Waals surface area contributed by atoms with Crippen LogP contribution in [-0.4, -0.2) is 47.7 Å². The van der Waals surface area contributed by atoms with Gasteiger partial charge in [-0.3, -0.25) is 0 Å². The first-order valence-corrected chi connectivity index (χ1v) is 11.9. The smallest absolute Gasteiger partial charge is 0.329 e. The highest BCUT2D eigenvalue weighted by Crippen LogP contribution is 2.50. The van der Waals surface area contributed by atoms with Gasteiger partial charge in [0.2, 0.25) is 0 Å². The van der Waals surface area contributed by atoms with Crippen molar-refractivity contribution in [3.8, 4) is 0 Å². The summed E-state index contributed by atoms with van der Waals surface area (Å²) in [6.07, 6.45) is 7.79. The van der Waals surface area contributed by atoms with E-state index >= 15 is 0 Å². The van der Waals surface area contributed by atoms with Crippen LogP contribution in [0.3, 0.4) is 0 Å². The van der Waals surface area contributed by atoms with Crippen LogP contribution in [0.25, 0.3) is 0 Å². The number of benzene rings is 2. The molecule has 2 aromatic rings. The normalized spacial score (nSPS) is 20.4. The van der Waals surface area contributed by atoms with Crippen molar-refractivity contribution in [1.82, 2.24) is 15.2 Å². The van der Waals surface area contributed by atoms with E-state index < -0.39 is 16.5 Å². The summed E-state index contributed by atoms with van der Waals surface area (Å²) in [4.78, 5) is 13.8. The van der Waals surface area contributed by atoms with Crippen molar-refractivity contribution in [3.63, 3.8) is 0 Å². The Morgan fingerprint density at radius 2 is 1.91 bits per heavy atom. The predicted octanol–water partition coefficient (Wildman–Crippen LogP) is 5.30. The molecule has 2 aliphatic rings. The Balaban J connectivity index is 1.68. The zero-order chi connectivity index (χ0) is 23.4. The van der Waals surface area contributed by atoms with Crippen molar-refractivity contribution in [1.29, 1.82) is 0 Å². The van der Waals surface area contributed by atoms with Gasteiger partial charge in [-0.25, -0.2) is 13.6 Å². The predicted molar refractivity (Wildman–Crippen MR) is 129 cm³/mol. The molecule has 0 aromatic heterocycles. The number of hydrogen-bond acceptors (Lipinski definition) is 4. The topological polar surface area (TPSA) is 47.9 Å². The van der Waals surface area contributed by atoms with Crippen LogP contribution < -0.4 is 5.32 Å². The maximum atomic E-state index is 14.7. The van der Waals surface area contributed by atoms with Gasteiger partial charge in [-0.1, -0.05) is 54.2 Å². The Morgan fingerprint density at radius 1 is 1.18 bits per heavy atom. The summed E-state index contributed by atoms with van der Waals surface area (Å²) >= 11 is 1.31. The highest BCUT2D eigenvalue weighted by Gasteiger charge is 2.49. The average Bonchev–Trinajstić information content (AvgIpc) is 3.47. The Bertz CT molecular complexity index is 1050. The SMILES string of the molecule is CN(C)C(=O)N1N=C(c2cc(F)ccc2F)SC1(CCCNC1CC=CC1)c1ccccc1. The lowest BCUT2D eigenvalue weighted by Gasteiger charge is -2.37. The van der Waals surface area contributed by atoms with E-state index in [2.05, 4.69) is 22.6 Å². The number of hydrogen-bond donors (Lipinski definition) is 1. The maximum absolute atomic E-state index is 14.7. The Labute approximate surface area is 197 Å². The quantitative estimate of drug-likeness (QED) is 0.441. The lowest BCUT2D eigenvalue weighted by Crippen LogP contribution is -2.46. The summed E-state index contributed by atoms with van der Waals surface area (Å²) in [5.74, 6) is -1.12. The third-order valence-electron chi connectivity index (χ3n) is 5.88. The number of hydrazone groups is 1. The molecule has 0 spiro atoms. The molecule has 4 rings (SSSR count). The zero-order valence-corrected chi connectivity index (χ0v) is 19.6. The summed E-state index contributed by atoms with van der Waals surface area (Å²) in [6.45, 7) is 0.787. The molecule has 0 radical (unpaired) electrons. The number of rotatable bonds is 7. The van der Waals surface area contributed by atoms with E-state index in [-0.39, 0.29) is 11.6 Å². The van der Waals surface area contributed by atoms with Crippen LogP contribution in [0.2, 0.25) is 0 Å². The second-order valence-corrected chi connectivity index (χ2v) is 9.73. The number of nitrogens with zero attached hydrogens (tertiary/aromatic N) is 3. The molecule has 0 fully saturated rings. The number of urea groups is 1. The van der Waals surface area contributed by atoms with Gasteiger partial charge >= 0.3 is 6.03 Å². The number of carbonyl (C=O) groups excluding carboxylic acids is 1. The fourth-order valence-corrected chi connectivity index (χ4v) is 5.57. The monoisotopic (exact) mass is 470 g/mol. The van der Waals surface area contributed by atoms with Crippen molar-refractivity contribution in [2.24, 2.45) is 5.10 Å². The molecule has 2 amide bonds. The third kappa shape index (κ3) is 4.96. The highest BCUT2D eigenvalue weighted by atomic mass is 32.2. The van der Waals surface area contributed by atoms with Gasteiger partial charge in [0.25, 0.3) is 0 Å². The minimum absolute atomic E-state index is 0.0597. The van der Waals surface area contributed by atoms with Crippen molar-refractivity contribution in [2.45, 2.75) is 36.6 Å². The van der Waals surface area contributed by atoms with E-state index in [4.69, 9.17) is 0 Å². The minimum atomic E-state index is -0.869.